The molecule has 3 aromatic rings. The molecule has 1 aliphatic heterocycles. The van der Waals surface area contributed by atoms with E-state index < -0.39 is 0 Å². The predicted molar refractivity (Wildman–Crippen MR) is 78.6 cm³/mol. The Morgan fingerprint density at radius 2 is 1.68 bits per heavy atom. The number of hydrogen-bond acceptors (Lipinski definition) is 2. The van der Waals surface area contributed by atoms with E-state index in [0.717, 1.165) is 27.4 Å². The third-order valence-electron chi connectivity index (χ3n) is 3.65. The third-order valence-corrected chi connectivity index (χ3v) is 3.65. The lowest BCUT2D eigenvalue weighted by Gasteiger charge is -2.12. The Morgan fingerprint density at radius 1 is 0.895 bits per heavy atom. The summed E-state index contributed by atoms with van der Waals surface area (Å²) in [6.45, 7) is 0. The number of aliphatic imine (C=N–C) groups is 1. The number of fused-ring (bicyclic) bond motifs is 4. The van der Waals surface area contributed by atoms with Crippen LogP contribution in [-0.4, -0.2) is 12.0 Å². The van der Waals surface area contributed by atoms with Crippen molar-refractivity contribution >= 4 is 39.2 Å². The SMILES string of the molecule is O=C1CC=Nc2ccc3cc4ccccc4cc3c21. The predicted octanol–water partition coefficient (Wildman–Crippen LogP) is 4.28. The molecule has 0 bridgehead atoms. The van der Waals surface area contributed by atoms with Gasteiger partial charge in [-0.1, -0.05) is 30.3 Å². The van der Waals surface area contributed by atoms with Crippen molar-refractivity contribution in [2.75, 3.05) is 0 Å². The summed E-state index contributed by atoms with van der Waals surface area (Å²) in [6.07, 6.45) is 2.09. The highest BCUT2D eigenvalue weighted by Crippen LogP contribution is 2.33. The zero-order chi connectivity index (χ0) is 12.8. The number of Topliss-reactive ketones (excluding diaryl/α,β-unsaturated/α-hetero) is 1. The maximum absolute atomic E-state index is 12.1. The van der Waals surface area contributed by atoms with Crippen molar-refractivity contribution in [1.82, 2.24) is 0 Å². The molecule has 0 N–H and O–H groups in total. The fourth-order valence-electron chi connectivity index (χ4n) is 2.73. The summed E-state index contributed by atoms with van der Waals surface area (Å²) in [5.74, 6) is 0.158. The highest BCUT2D eigenvalue weighted by molar-refractivity contribution is 6.19. The Kier molecular flexibility index (Phi) is 2.06. The first-order chi connectivity index (χ1) is 9.33. The van der Waals surface area contributed by atoms with Crippen LogP contribution in [0.4, 0.5) is 5.69 Å². The van der Waals surface area contributed by atoms with Gasteiger partial charge in [0.1, 0.15) is 0 Å². The second kappa shape index (κ2) is 3.75. The standard InChI is InChI=1S/C17H11NO/c19-16-7-8-18-15-6-5-13-9-11-3-1-2-4-12(11)10-14(13)17(15)16/h1-6,8-10H,7H2. The summed E-state index contributed by atoms with van der Waals surface area (Å²) in [5, 5.41) is 4.47. The van der Waals surface area contributed by atoms with Gasteiger partial charge in [-0.05, 0) is 39.7 Å². The van der Waals surface area contributed by atoms with Crippen molar-refractivity contribution in [3.05, 3.63) is 54.1 Å². The van der Waals surface area contributed by atoms with Crippen LogP contribution in [0, 0.1) is 0 Å². The van der Waals surface area contributed by atoms with E-state index in [-0.39, 0.29) is 5.78 Å². The van der Waals surface area contributed by atoms with E-state index in [0.29, 0.717) is 6.42 Å². The molecule has 0 aromatic heterocycles. The van der Waals surface area contributed by atoms with Crippen LogP contribution in [0.1, 0.15) is 16.8 Å². The zero-order valence-corrected chi connectivity index (χ0v) is 10.3. The Bertz CT molecular complexity index is 862. The van der Waals surface area contributed by atoms with Gasteiger partial charge in [0, 0.05) is 12.6 Å². The molecule has 0 unspecified atom stereocenters. The van der Waals surface area contributed by atoms with Crippen molar-refractivity contribution in [1.29, 1.82) is 0 Å². The molecule has 1 aliphatic rings. The quantitative estimate of drug-likeness (QED) is 0.543. The Balaban J connectivity index is 2.19. The average Bonchev–Trinajstić information content (AvgIpc) is 2.45. The molecule has 0 amide bonds. The van der Waals surface area contributed by atoms with E-state index in [1.165, 1.54) is 5.39 Å². The van der Waals surface area contributed by atoms with Gasteiger partial charge in [0.05, 0.1) is 11.3 Å². The van der Waals surface area contributed by atoms with Crippen molar-refractivity contribution in [3.8, 4) is 0 Å². The molecule has 1 heterocycles. The number of carbonyl (C=O) groups excluding carboxylic acids is 1. The van der Waals surface area contributed by atoms with Gasteiger partial charge in [-0.3, -0.25) is 9.79 Å². The van der Waals surface area contributed by atoms with E-state index in [1.54, 1.807) is 6.21 Å². The van der Waals surface area contributed by atoms with Crippen LogP contribution in [-0.2, 0) is 0 Å². The summed E-state index contributed by atoms with van der Waals surface area (Å²) in [7, 11) is 0. The van der Waals surface area contributed by atoms with Crippen LogP contribution in [0.25, 0.3) is 21.5 Å². The molecule has 0 saturated carbocycles. The number of ketones is 1. The second-order valence-corrected chi connectivity index (χ2v) is 4.82. The van der Waals surface area contributed by atoms with Crippen LogP contribution < -0.4 is 0 Å². The van der Waals surface area contributed by atoms with Crippen molar-refractivity contribution in [2.24, 2.45) is 4.99 Å². The number of hydrogen-bond donors (Lipinski definition) is 0. The molecular formula is C17H11NO. The van der Waals surface area contributed by atoms with Crippen LogP contribution in [0.2, 0.25) is 0 Å². The summed E-state index contributed by atoms with van der Waals surface area (Å²) in [6, 6.07) is 16.4. The number of nitrogens with zero attached hydrogens (tertiary/aromatic N) is 1. The molecular weight excluding hydrogens is 234 g/mol. The van der Waals surface area contributed by atoms with Gasteiger partial charge in [-0.15, -0.1) is 0 Å². The lowest BCUT2D eigenvalue weighted by Crippen LogP contribution is -2.05. The maximum atomic E-state index is 12.1. The van der Waals surface area contributed by atoms with Gasteiger partial charge < -0.3 is 0 Å². The van der Waals surface area contributed by atoms with Crippen LogP contribution >= 0.6 is 0 Å². The first-order valence-corrected chi connectivity index (χ1v) is 6.34. The summed E-state index contributed by atoms with van der Waals surface area (Å²) >= 11 is 0. The number of carbonyl (C=O) groups is 1. The highest BCUT2D eigenvalue weighted by Gasteiger charge is 2.17. The van der Waals surface area contributed by atoms with Crippen molar-refractivity contribution in [3.63, 3.8) is 0 Å². The van der Waals surface area contributed by atoms with E-state index in [1.807, 2.05) is 24.3 Å². The minimum absolute atomic E-state index is 0.158. The van der Waals surface area contributed by atoms with Crippen LogP contribution in [0.5, 0.6) is 0 Å². The van der Waals surface area contributed by atoms with Gasteiger partial charge in [-0.2, -0.15) is 0 Å². The van der Waals surface area contributed by atoms with Gasteiger partial charge in [-0.25, -0.2) is 0 Å². The lowest BCUT2D eigenvalue weighted by atomic mass is 9.94. The first kappa shape index (κ1) is 10.4. The van der Waals surface area contributed by atoms with Gasteiger partial charge >= 0.3 is 0 Å². The van der Waals surface area contributed by atoms with Crippen molar-refractivity contribution in [2.45, 2.75) is 6.42 Å². The minimum atomic E-state index is 0.158. The number of rotatable bonds is 0. The van der Waals surface area contributed by atoms with Crippen LogP contribution in [0.3, 0.4) is 0 Å². The summed E-state index contributed by atoms with van der Waals surface area (Å²) < 4.78 is 0. The Hall–Kier alpha value is -2.48. The van der Waals surface area contributed by atoms with E-state index in [4.69, 9.17) is 0 Å². The second-order valence-electron chi connectivity index (χ2n) is 4.82. The van der Waals surface area contributed by atoms with Crippen molar-refractivity contribution < 1.29 is 4.79 Å². The van der Waals surface area contributed by atoms with E-state index in [9.17, 15) is 4.79 Å². The van der Waals surface area contributed by atoms with E-state index in [2.05, 4.69) is 29.3 Å². The largest absolute Gasteiger partial charge is 0.294 e. The van der Waals surface area contributed by atoms with Gasteiger partial charge in [0.15, 0.2) is 5.78 Å². The Morgan fingerprint density at radius 3 is 2.53 bits per heavy atom. The minimum Gasteiger partial charge on any atom is -0.294 e. The third kappa shape index (κ3) is 1.50. The molecule has 4 rings (SSSR count). The molecule has 0 atom stereocenters. The van der Waals surface area contributed by atoms with E-state index >= 15 is 0 Å². The molecule has 0 radical (unpaired) electrons. The van der Waals surface area contributed by atoms with Crippen LogP contribution in [0.15, 0.2) is 53.5 Å². The zero-order valence-electron chi connectivity index (χ0n) is 10.3. The Labute approximate surface area is 110 Å². The van der Waals surface area contributed by atoms with Gasteiger partial charge in [0.2, 0.25) is 0 Å². The smallest absolute Gasteiger partial charge is 0.170 e. The fourth-order valence-corrected chi connectivity index (χ4v) is 2.73. The first-order valence-electron chi connectivity index (χ1n) is 6.34. The molecule has 19 heavy (non-hydrogen) atoms. The molecule has 90 valence electrons. The normalized spacial score (nSPS) is 14.0. The van der Waals surface area contributed by atoms with Gasteiger partial charge in [0.25, 0.3) is 0 Å². The molecule has 3 aromatic carbocycles. The number of benzene rings is 3. The topological polar surface area (TPSA) is 29.4 Å². The lowest BCUT2D eigenvalue weighted by molar-refractivity contribution is 0.100. The molecule has 2 nitrogen and oxygen atoms in total. The fraction of sp³-hybridized carbons (Fsp3) is 0.0588. The molecule has 0 aliphatic carbocycles. The molecule has 0 fully saturated rings. The maximum Gasteiger partial charge on any atom is 0.170 e. The highest BCUT2D eigenvalue weighted by atomic mass is 16.1. The summed E-state index contributed by atoms with van der Waals surface area (Å²) in [5.41, 5.74) is 1.56. The monoisotopic (exact) mass is 245 g/mol. The average molecular weight is 245 g/mol. The molecule has 0 spiro atoms. The molecule has 2 heteroatoms. The summed E-state index contributed by atoms with van der Waals surface area (Å²) in [4.78, 5) is 16.5. The molecule has 0 saturated heterocycles.